The molecule has 0 saturated carbocycles. The highest BCUT2D eigenvalue weighted by molar-refractivity contribution is 7.88. The van der Waals surface area contributed by atoms with Crippen LogP contribution in [0.1, 0.15) is 22.8 Å². The van der Waals surface area contributed by atoms with E-state index in [0.29, 0.717) is 5.56 Å². The van der Waals surface area contributed by atoms with Gasteiger partial charge in [-0.25, -0.2) is 13.1 Å². The molecule has 0 bridgehead atoms. The second-order valence-electron chi connectivity index (χ2n) is 6.30. The predicted octanol–water partition coefficient (Wildman–Crippen LogP) is 2.92. The van der Waals surface area contributed by atoms with Crippen molar-refractivity contribution in [3.63, 3.8) is 0 Å². The first kappa shape index (κ1) is 21.2. The van der Waals surface area contributed by atoms with Crippen LogP contribution in [0.15, 0.2) is 48.5 Å². The lowest BCUT2D eigenvalue weighted by Crippen LogP contribution is -2.29. The van der Waals surface area contributed by atoms with Gasteiger partial charge in [0.15, 0.2) is 0 Å². The van der Waals surface area contributed by atoms with Gasteiger partial charge >= 0.3 is 6.18 Å². The lowest BCUT2D eigenvalue weighted by Gasteiger charge is -2.16. The molecule has 27 heavy (non-hydrogen) atoms. The maximum absolute atomic E-state index is 12.5. The predicted molar refractivity (Wildman–Crippen MR) is 97.8 cm³/mol. The van der Waals surface area contributed by atoms with Gasteiger partial charge < -0.3 is 10.0 Å². The third kappa shape index (κ3) is 6.23. The zero-order valence-electron chi connectivity index (χ0n) is 14.9. The average Bonchev–Trinajstić information content (AvgIpc) is 2.59. The summed E-state index contributed by atoms with van der Waals surface area (Å²) in [5.74, 6) is -0.475. The Morgan fingerprint density at radius 1 is 1.04 bits per heavy atom. The molecule has 0 amide bonds. The molecular formula is C18H21F3N2O3S. The van der Waals surface area contributed by atoms with Gasteiger partial charge in [0.05, 0.1) is 17.4 Å². The quantitative estimate of drug-likeness (QED) is 0.747. The van der Waals surface area contributed by atoms with E-state index in [4.69, 9.17) is 0 Å². The van der Waals surface area contributed by atoms with Crippen molar-refractivity contribution in [1.82, 2.24) is 4.72 Å². The van der Waals surface area contributed by atoms with Gasteiger partial charge in [0.2, 0.25) is 10.0 Å². The van der Waals surface area contributed by atoms with Gasteiger partial charge in [0, 0.05) is 26.3 Å². The molecular weight excluding hydrogens is 381 g/mol. The SMILES string of the molecule is CN(C)c1ccc(C(O)CNS(=O)(=O)Cc2ccc(C(F)(F)F)cc2)cc1. The van der Waals surface area contributed by atoms with Gasteiger partial charge in [-0.3, -0.25) is 0 Å². The normalized spacial score (nSPS) is 13.4. The van der Waals surface area contributed by atoms with Crippen LogP contribution < -0.4 is 9.62 Å². The number of hydrogen-bond donors (Lipinski definition) is 2. The first-order valence-electron chi connectivity index (χ1n) is 8.07. The van der Waals surface area contributed by atoms with Crippen molar-refractivity contribution in [2.24, 2.45) is 0 Å². The molecule has 1 unspecified atom stereocenters. The molecule has 1 atom stereocenters. The molecule has 0 saturated heterocycles. The van der Waals surface area contributed by atoms with E-state index in [9.17, 15) is 26.7 Å². The minimum absolute atomic E-state index is 0.223. The van der Waals surface area contributed by atoms with Crippen LogP contribution >= 0.6 is 0 Å². The van der Waals surface area contributed by atoms with E-state index >= 15 is 0 Å². The molecule has 0 aliphatic heterocycles. The van der Waals surface area contributed by atoms with Gasteiger partial charge in [-0.15, -0.1) is 0 Å². The minimum atomic E-state index is -4.47. The Kier molecular flexibility index (Phi) is 6.50. The molecule has 2 aromatic rings. The molecule has 0 fully saturated rings. The summed E-state index contributed by atoms with van der Waals surface area (Å²) < 4.78 is 64.1. The lowest BCUT2D eigenvalue weighted by molar-refractivity contribution is -0.137. The van der Waals surface area contributed by atoms with Crippen LogP contribution in [0.2, 0.25) is 0 Å². The van der Waals surface area contributed by atoms with Gasteiger partial charge in [0.1, 0.15) is 0 Å². The van der Waals surface area contributed by atoms with Crippen LogP contribution in [0.5, 0.6) is 0 Å². The first-order valence-corrected chi connectivity index (χ1v) is 9.72. The summed E-state index contributed by atoms with van der Waals surface area (Å²) in [6.07, 6.45) is -5.51. The van der Waals surface area contributed by atoms with E-state index in [1.54, 1.807) is 24.3 Å². The molecule has 0 aromatic heterocycles. The Labute approximate surface area is 156 Å². The van der Waals surface area contributed by atoms with Gasteiger partial charge in [-0.2, -0.15) is 13.2 Å². The van der Waals surface area contributed by atoms with Crippen LogP contribution in [-0.4, -0.2) is 34.2 Å². The zero-order valence-corrected chi connectivity index (χ0v) is 15.7. The average molecular weight is 402 g/mol. The number of alkyl halides is 3. The van der Waals surface area contributed by atoms with Crippen molar-refractivity contribution in [3.8, 4) is 0 Å². The first-order chi connectivity index (χ1) is 12.5. The Hall–Kier alpha value is -2.10. The number of sulfonamides is 1. The van der Waals surface area contributed by atoms with Gasteiger partial charge in [-0.1, -0.05) is 24.3 Å². The van der Waals surface area contributed by atoms with Crippen molar-refractivity contribution in [2.75, 3.05) is 25.5 Å². The number of nitrogens with zero attached hydrogens (tertiary/aromatic N) is 1. The molecule has 9 heteroatoms. The molecule has 0 aliphatic carbocycles. The summed E-state index contributed by atoms with van der Waals surface area (Å²) in [5, 5.41) is 10.1. The number of anilines is 1. The van der Waals surface area contributed by atoms with Crippen LogP contribution in [0.25, 0.3) is 0 Å². The second-order valence-corrected chi connectivity index (χ2v) is 8.11. The molecule has 2 aromatic carbocycles. The van der Waals surface area contributed by atoms with Crippen molar-refractivity contribution in [2.45, 2.75) is 18.0 Å². The van der Waals surface area contributed by atoms with E-state index in [-0.39, 0.29) is 12.1 Å². The lowest BCUT2D eigenvalue weighted by atomic mass is 10.1. The van der Waals surface area contributed by atoms with E-state index in [1.165, 1.54) is 0 Å². The van der Waals surface area contributed by atoms with Crippen LogP contribution in [0.4, 0.5) is 18.9 Å². The van der Waals surface area contributed by atoms with Crippen LogP contribution in [-0.2, 0) is 22.0 Å². The molecule has 0 spiro atoms. The van der Waals surface area contributed by atoms with E-state index < -0.39 is 33.6 Å². The summed E-state index contributed by atoms with van der Waals surface area (Å²) in [5.41, 5.74) is 0.875. The number of rotatable bonds is 7. The fourth-order valence-electron chi connectivity index (χ4n) is 2.38. The monoisotopic (exact) mass is 402 g/mol. The molecule has 0 aliphatic rings. The fourth-order valence-corrected chi connectivity index (χ4v) is 3.52. The molecule has 0 radical (unpaired) electrons. The van der Waals surface area contributed by atoms with Crippen molar-refractivity contribution >= 4 is 15.7 Å². The topological polar surface area (TPSA) is 69.6 Å². The second kappa shape index (κ2) is 8.28. The third-order valence-electron chi connectivity index (χ3n) is 3.93. The number of aliphatic hydroxyl groups is 1. The Bertz CT molecular complexity index is 849. The highest BCUT2D eigenvalue weighted by Gasteiger charge is 2.30. The molecule has 2 rings (SSSR count). The largest absolute Gasteiger partial charge is 0.416 e. The highest BCUT2D eigenvalue weighted by atomic mass is 32.2. The van der Waals surface area contributed by atoms with E-state index in [0.717, 1.165) is 30.0 Å². The maximum atomic E-state index is 12.5. The Morgan fingerprint density at radius 2 is 1.59 bits per heavy atom. The summed E-state index contributed by atoms with van der Waals surface area (Å²) in [6.45, 7) is -0.232. The standard InChI is InChI=1S/C18H21F3N2O3S/c1-23(2)16-9-5-14(6-10-16)17(24)11-22-27(25,26)12-13-3-7-15(8-4-13)18(19,20)21/h3-10,17,22,24H,11-12H2,1-2H3. The van der Waals surface area contributed by atoms with Crippen LogP contribution in [0.3, 0.4) is 0 Å². The smallest absolute Gasteiger partial charge is 0.387 e. The van der Waals surface area contributed by atoms with Crippen molar-refractivity contribution in [1.29, 1.82) is 0 Å². The molecule has 148 valence electrons. The number of nitrogens with one attached hydrogen (secondary N) is 1. The number of aliphatic hydroxyl groups excluding tert-OH is 1. The number of hydrogen-bond acceptors (Lipinski definition) is 4. The summed E-state index contributed by atoms with van der Waals surface area (Å²) in [7, 11) is -0.0555. The number of benzene rings is 2. The van der Waals surface area contributed by atoms with Crippen molar-refractivity contribution in [3.05, 3.63) is 65.2 Å². The Balaban J connectivity index is 1.95. The summed E-state index contributed by atoms with van der Waals surface area (Å²) in [4.78, 5) is 1.89. The fraction of sp³-hybridized carbons (Fsp3) is 0.333. The molecule has 2 N–H and O–H groups in total. The van der Waals surface area contributed by atoms with Crippen molar-refractivity contribution < 1.29 is 26.7 Å². The Morgan fingerprint density at radius 3 is 2.07 bits per heavy atom. The number of halogens is 3. The summed E-state index contributed by atoms with van der Waals surface area (Å²) in [6, 6.07) is 10.9. The van der Waals surface area contributed by atoms with Gasteiger partial charge in [-0.05, 0) is 35.4 Å². The molecule has 0 heterocycles. The maximum Gasteiger partial charge on any atom is 0.416 e. The summed E-state index contributed by atoms with van der Waals surface area (Å²) >= 11 is 0. The van der Waals surface area contributed by atoms with Gasteiger partial charge in [0.25, 0.3) is 0 Å². The molecule has 5 nitrogen and oxygen atoms in total. The van der Waals surface area contributed by atoms with E-state index in [1.807, 2.05) is 19.0 Å². The van der Waals surface area contributed by atoms with Crippen LogP contribution in [0, 0.1) is 0 Å². The third-order valence-corrected chi connectivity index (χ3v) is 5.25. The van der Waals surface area contributed by atoms with E-state index in [2.05, 4.69) is 4.72 Å². The highest BCUT2D eigenvalue weighted by Crippen LogP contribution is 2.29. The minimum Gasteiger partial charge on any atom is -0.387 e. The zero-order chi connectivity index (χ0) is 20.2.